The Hall–Kier alpha value is -4.00. The molecule has 0 saturated carbocycles. The van der Waals surface area contributed by atoms with Crippen LogP contribution in [0.1, 0.15) is 25.7 Å². The third-order valence-electron chi connectivity index (χ3n) is 10.7. The molecule has 0 radical (unpaired) electrons. The summed E-state index contributed by atoms with van der Waals surface area (Å²) in [5.74, 6) is -0.944. The molecular weight excluding hydrogens is 655 g/mol. The molecule has 6 heterocycles. The van der Waals surface area contributed by atoms with Crippen LogP contribution in [-0.2, 0) is 4.79 Å². The normalized spacial score (nSPS) is 24.1. The van der Waals surface area contributed by atoms with Crippen molar-refractivity contribution < 1.29 is 22.7 Å². The fourth-order valence-electron chi connectivity index (χ4n) is 8.13. The summed E-state index contributed by atoms with van der Waals surface area (Å²) in [6.07, 6.45) is 5.13. The zero-order valence-electron chi connectivity index (χ0n) is 27.4. The van der Waals surface area contributed by atoms with Crippen LogP contribution < -0.4 is 9.64 Å². The maximum Gasteiger partial charge on any atom is 0.319 e. The predicted octanol–water partition coefficient (Wildman–Crippen LogP) is 5.64. The number of ether oxygens (including phenoxy) is 1. The van der Waals surface area contributed by atoms with Gasteiger partial charge in [0.25, 0.3) is 0 Å². The molecule has 0 aliphatic carbocycles. The van der Waals surface area contributed by atoms with E-state index >= 15 is 4.39 Å². The highest BCUT2D eigenvalue weighted by atomic mass is 35.5. The van der Waals surface area contributed by atoms with Gasteiger partial charge in [-0.05, 0) is 49.9 Å². The van der Waals surface area contributed by atoms with Crippen molar-refractivity contribution in [3.05, 3.63) is 64.8 Å². The first kappa shape index (κ1) is 32.2. The number of halogens is 4. The summed E-state index contributed by atoms with van der Waals surface area (Å²) in [7, 11) is 3.88. The van der Waals surface area contributed by atoms with Gasteiger partial charge < -0.3 is 14.5 Å². The molecule has 256 valence electrons. The lowest BCUT2D eigenvalue weighted by atomic mass is 9.95. The van der Waals surface area contributed by atoms with Crippen molar-refractivity contribution >= 4 is 45.0 Å². The van der Waals surface area contributed by atoms with Crippen LogP contribution in [0, 0.1) is 11.6 Å². The Balaban J connectivity index is 1.17. The zero-order valence-corrected chi connectivity index (χ0v) is 28.2. The third-order valence-corrected chi connectivity index (χ3v) is 11.1. The molecule has 49 heavy (non-hydrogen) atoms. The van der Waals surface area contributed by atoms with E-state index in [1.165, 1.54) is 12.3 Å². The van der Waals surface area contributed by atoms with Crippen LogP contribution in [0.3, 0.4) is 0 Å². The van der Waals surface area contributed by atoms with Gasteiger partial charge in [-0.2, -0.15) is 9.97 Å². The average Bonchev–Trinajstić information content (AvgIpc) is 3.79. The maximum absolute atomic E-state index is 16.8. The summed E-state index contributed by atoms with van der Waals surface area (Å²) in [6.45, 7) is 4.00. The van der Waals surface area contributed by atoms with Crippen molar-refractivity contribution in [1.29, 1.82) is 0 Å². The van der Waals surface area contributed by atoms with Crippen molar-refractivity contribution in [1.82, 2.24) is 29.7 Å². The predicted molar refractivity (Wildman–Crippen MR) is 183 cm³/mol. The number of likely N-dealkylation sites (tertiary alicyclic amines) is 2. The van der Waals surface area contributed by atoms with Crippen molar-refractivity contribution in [2.24, 2.45) is 0 Å². The Kier molecular flexibility index (Phi) is 8.15. The highest BCUT2D eigenvalue weighted by Gasteiger charge is 2.49. The smallest absolute Gasteiger partial charge is 0.319 e. The number of carbonyl (C=O) groups is 1. The van der Waals surface area contributed by atoms with Gasteiger partial charge in [0.2, 0.25) is 5.91 Å². The summed E-state index contributed by atoms with van der Waals surface area (Å²) < 4.78 is 52.2. The quantitative estimate of drug-likeness (QED) is 0.231. The summed E-state index contributed by atoms with van der Waals surface area (Å²) in [5, 5.41) is 1.23. The van der Waals surface area contributed by atoms with Gasteiger partial charge in [0.1, 0.15) is 35.6 Å². The van der Waals surface area contributed by atoms with Gasteiger partial charge >= 0.3 is 6.01 Å². The number of anilines is 1. The number of nitrogens with zero attached hydrogens (tertiary/aromatic N) is 7. The summed E-state index contributed by atoms with van der Waals surface area (Å²) in [6, 6.07) is 7.90. The van der Waals surface area contributed by atoms with Crippen LogP contribution in [0.5, 0.6) is 6.01 Å². The number of hydrogen-bond acceptors (Lipinski definition) is 8. The first-order chi connectivity index (χ1) is 23.6. The Morgan fingerprint density at radius 3 is 2.82 bits per heavy atom. The standard InChI is InChI=1S/C36H37ClF3N7O2/c1-44-16-21(17-44)13-28(48)46-12-9-24(19-46)45(2)34-26-15-41-32(25-6-3-5-22-7-8-27(39)30(37)29(22)25)31(40)33(26)42-35(43-34)49-20-36-10-4-11-47(36)18-23(38)14-36/h3,5-8,13,15,23-24H,4,9-12,14,16-20H2,1-2H3/t23-,24-,36+/m1/s1. The Bertz CT molecular complexity index is 2010. The van der Waals surface area contributed by atoms with Crippen molar-refractivity contribution in [3.63, 3.8) is 0 Å². The van der Waals surface area contributed by atoms with Gasteiger partial charge in [-0.15, -0.1) is 0 Å². The highest BCUT2D eigenvalue weighted by Crippen LogP contribution is 2.42. The number of rotatable bonds is 7. The fourth-order valence-corrected chi connectivity index (χ4v) is 8.41. The molecule has 4 aromatic rings. The van der Waals surface area contributed by atoms with Gasteiger partial charge in [0, 0.05) is 75.5 Å². The third kappa shape index (κ3) is 5.67. The molecule has 4 saturated heterocycles. The van der Waals surface area contributed by atoms with Gasteiger partial charge in [-0.3, -0.25) is 19.6 Å². The molecule has 4 aliphatic heterocycles. The number of pyridine rings is 1. The van der Waals surface area contributed by atoms with Crippen molar-refractivity contribution in [2.75, 3.05) is 64.9 Å². The van der Waals surface area contributed by atoms with Crippen LogP contribution in [0.25, 0.3) is 32.9 Å². The Morgan fingerprint density at radius 2 is 2.00 bits per heavy atom. The molecule has 4 aliphatic rings. The molecule has 2 aromatic heterocycles. The molecule has 9 nitrogen and oxygen atoms in total. The largest absolute Gasteiger partial charge is 0.461 e. The number of aromatic nitrogens is 3. The van der Waals surface area contributed by atoms with Gasteiger partial charge in [-0.1, -0.05) is 35.9 Å². The van der Waals surface area contributed by atoms with E-state index in [0.29, 0.717) is 60.0 Å². The second-order valence-electron chi connectivity index (χ2n) is 14.0. The molecule has 0 spiro atoms. The van der Waals surface area contributed by atoms with E-state index in [4.69, 9.17) is 21.3 Å². The van der Waals surface area contributed by atoms with E-state index in [-0.39, 0.29) is 40.8 Å². The van der Waals surface area contributed by atoms with Crippen LogP contribution in [0.2, 0.25) is 5.02 Å². The summed E-state index contributed by atoms with van der Waals surface area (Å²) >= 11 is 6.41. The Morgan fingerprint density at radius 1 is 1.16 bits per heavy atom. The molecule has 8 rings (SSSR count). The van der Waals surface area contributed by atoms with E-state index in [0.717, 1.165) is 38.0 Å². The van der Waals surface area contributed by atoms with Gasteiger partial charge in [0.05, 0.1) is 15.9 Å². The topological polar surface area (TPSA) is 77.9 Å². The number of fused-ring (bicyclic) bond motifs is 3. The number of carbonyl (C=O) groups excluding carboxylic acids is 1. The van der Waals surface area contributed by atoms with E-state index < -0.39 is 23.3 Å². The lowest BCUT2D eigenvalue weighted by molar-refractivity contribution is -0.125. The van der Waals surface area contributed by atoms with E-state index in [9.17, 15) is 13.6 Å². The molecule has 13 heteroatoms. The second-order valence-corrected chi connectivity index (χ2v) is 14.3. The first-order valence-electron chi connectivity index (χ1n) is 16.8. The molecule has 0 unspecified atom stereocenters. The molecule has 2 aromatic carbocycles. The molecule has 0 bridgehead atoms. The minimum atomic E-state index is -0.930. The van der Waals surface area contributed by atoms with E-state index in [1.54, 1.807) is 30.3 Å². The van der Waals surface area contributed by atoms with Crippen LogP contribution >= 0.6 is 11.6 Å². The summed E-state index contributed by atoms with van der Waals surface area (Å²) in [5.41, 5.74) is 0.942. The van der Waals surface area contributed by atoms with Gasteiger partial charge in [-0.25, -0.2) is 13.2 Å². The van der Waals surface area contributed by atoms with Crippen LogP contribution in [0.15, 0.2) is 48.2 Å². The van der Waals surface area contributed by atoms with Crippen molar-refractivity contribution in [2.45, 2.75) is 43.4 Å². The number of alkyl halides is 1. The number of amides is 1. The second kappa shape index (κ2) is 12.4. The number of likely N-dealkylation sites (N-methyl/N-ethyl adjacent to an activating group) is 2. The summed E-state index contributed by atoms with van der Waals surface area (Å²) in [4.78, 5) is 35.0. The minimum Gasteiger partial charge on any atom is -0.461 e. The number of benzene rings is 2. The zero-order chi connectivity index (χ0) is 34.0. The Labute approximate surface area is 287 Å². The lowest BCUT2D eigenvalue weighted by Gasteiger charge is -2.31. The average molecular weight is 692 g/mol. The number of hydrogen-bond donors (Lipinski definition) is 0. The SMILES string of the molecule is CN1CC(=CC(=O)N2CC[C@@H](N(C)c3nc(OC[C@@]45CCCN4C[C@H](F)C5)nc4c(F)c(-c5cccc6ccc(F)c(Cl)c56)ncc34)C2)C1. The lowest BCUT2D eigenvalue weighted by Crippen LogP contribution is -2.43. The van der Waals surface area contributed by atoms with Crippen LogP contribution in [-0.4, -0.2) is 113 Å². The molecule has 0 N–H and O–H groups in total. The molecule has 3 atom stereocenters. The monoisotopic (exact) mass is 691 g/mol. The van der Waals surface area contributed by atoms with E-state index in [1.807, 2.05) is 23.9 Å². The minimum absolute atomic E-state index is 0.0123. The van der Waals surface area contributed by atoms with E-state index in [2.05, 4.69) is 19.8 Å². The van der Waals surface area contributed by atoms with Gasteiger partial charge in [0.15, 0.2) is 5.82 Å². The maximum atomic E-state index is 16.8. The molecular formula is C36H37ClF3N7O2. The highest BCUT2D eigenvalue weighted by molar-refractivity contribution is 6.36. The molecule has 4 fully saturated rings. The first-order valence-corrected chi connectivity index (χ1v) is 17.1. The van der Waals surface area contributed by atoms with Crippen molar-refractivity contribution in [3.8, 4) is 17.3 Å². The van der Waals surface area contributed by atoms with Crippen LogP contribution in [0.4, 0.5) is 19.0 Å². The molecule has 1 amide bonds. The fraction of sp³-hybridized carbons (Fsp3) is 0.444.